The number of ether oxygens (including phenoxy) is 1. The van der Waals surface area contributed by atoms with Crippen molar-refractivity contribution in [1.29, 1.82) is 0 Å². The molecule has 0 saturated heterocycles. The minimum Gasteiger partial charge on any atom is -0.468 e. The lowest BCUT2D eigenvalue weighted by molar-refractivity contribution is -0.128. The van der Waals surface area contributed by atoms with E-state index in [0.717, 1.165) is 6.42 Å². The van der Waals surface area contributed by atoms with Gasteiger partial charge in [0.05, 0.1) is 6.61 Å². The number of unbranched alkanes of at least 4 members (excludes halogenated alkanes) is 13. The van der Waals surface area contributed by atoms with Crippen molar-refractivity contribution in [2.24, 2.45) is 0 Å². The number of allylic oxidation sites excluding steroid dienone is 2. The maximum Gasteiger partial charge on any atom is 0.293 e. The van der Waals surface area contributed by atoms with Gasteiger partial charge in [0.15, 0.2) is 0 Å². The minimum atomic E-state index is 0.542. The Morgan fingerprint density at radius 1 is 0.636 bits per heavy atom. The van der Waals surface area contributed by atoms with Gasteiger partial charge in [0, 0.05) is 0 Å². The molecule has 0 amide bonds. The fourth-order valence-electron chi connectivity index (χ4n) is 2.66. The second-order valence-electron chi connectivity index (χ2n) is 6.26. The Balaban J connectivity index is 3.03. The highest BCUT2D eigenvalue weighted by molar-refractivity contribution is 5.36. The van der Waals surface area contributed by atoms with Crippen molar-refractivity contribution in [2.75, 3.05) is 6.61 Å². The lowest BCUT2D eigenvalue weighted by atomic mass is 10.1. The van der Waals surface area contributed by atoms with Gasteiger partial charge in [-0.15, -0.1) is 0 Å². The molecule has 0 saturated carbocycles. The van der Waals surface area contributed by atoms with E-state index in [1.54, 1.807) is 0 Å². The van der Waals surface area contributed by atoms with Gasteiger partial charge in [0.25, 0.3) is 6.47 Å². The zero-order valence-corrected chi connectivity index (χ0v) is 14.9. The van der Waals surface area contributed by atoms with Crippen molar-refractivity contribution < 1.29 is 9.53 Å². The maximum absolute atomic E-state index is 9.95. The summed E-state index contributed by atoms with van der Waals surface area (Å²) in [6, 6.07) is 0. The molecule has 0 N–H and O–H groups in total. The van der Waals surface area contributed by atoms with Gasteiger partial charge in [-0.3, -0.25) is 4.79 Å². The van der Waals surface area contributed by atoms with E-state index in [1.807, 2.05) is 0 Å². The van der Waals surface area contributed by atoms with E-state index in [0.29, 0.717) is 13.1 Å². The fraction of sp³-hybridized carbons (Fsp3) is 0.850. The molecule has 0 aromatic heterocycles. The summed E-state index contributed by atoms with van der Waals surface area (Å²) in [5, 5.41) is 0. The summed E-state index contributed by atoms with van der Waals surface area (Å²) in [4.78, 5) is 9.95. The molecule has 0 aliphatic carbocycles. The standard InChI is InChI=1S/C20H38O2/c1-2-3-4-5-6-7-8-9-10-11-12-13-14-15-16-17-18-19-22-20-21/h9-10,20H,2-8,11-19H2,1H3. The van der Waals surface area contributed by atoms with Crippen LogP contribution in [0.25, 0.3) is 0 Å². The Kier molecular flexibility index (Phi) is 19.5. The predicted octanol–water partition coefficient (Wildman–Crippen LogP) is 6.59. The van der Waals surface area contributed by atoms with Gasteiger partial charge in [0.1, 0.15) is 0 Å². The molecule has 0 aromatic carbocycles. The van der Waals surface area contributed by atoms with Crippen molar-refractivity contribution in [3.8, 4) is 0 Å². The van der Waals surface area contributed by atoms with Gasteiger partial charge in [0.2, 0.25) is 0 Å². The average molecular weight is 311 g/mol. The topological polar surface area (TPSA) is 26.3 Å². The van der Waals surface area contributed by atoms with Crippen LogP contribution in [-0.4, -0.2) is 13.1 Å². The molecule has 0 bridgehead atoms. The molecular formula is C20H38O2. The van der Waals surface area contributed by atoms with Crippen molar-refractivity contribution in [1.82, 2.24) is 0 Å². The van der Waals surface area contributed by atoms with Crippen molar-refractivity contribution in [3.63, 3.8) is 0 Å². The van der Waals surface area contributed by atoms with Crippen LogP contribution in [0.1, 0.15) is 103 Å². The van der Waals surface area contributed by atoms with Gasteiger partial charge in [-0.25, -0.2) is 0 Å². The largest absolute Gasteiger partial charge is 0.468 e. The molecule has 0 rings (SSSR count). The zero-order chi connectivity index (χ0) is 16.1. The quantitative estimate of drug-likeness (QED) is 0.162. The molecular weight excluding hydrogens is 272 g/mol. The van der Waals surface area contributed by atoms with E-state index in [-0.39, 0.29) is 0 Å². The first-order valence-corrected chi connectivity index (χ1v) is 9.62. The average Bonchev–Trinajstić information content (AvgIpc) is 2.54. The number of hydrogen-bond donors (Lipinski definition) is 0. The van der Waals surface area contributed by atoms with Gasteiger partial charge in [-0.2, -0.15) is 0 Å². The van der Waals surface area contributed by atoms with Crippen LogP contribution in [0.4, 0.5) is 0 Å². The molecule has 22 heavy (non-hydrogen) atoms. The van der Waals surface area contributed by atoms with E-state index >= 15 is 0 Å². The van der Waals surface area contributed by atoms with Crippen LogP contribution >= 0.6 is 0 Å². The van der Waals surface area contributed by atoms with E-state index in [1.165, 1.54) is 89.9 Å². The van der Waals surface area contributed by atoms with Crippen LogP contribution in [0.15, 0.2) is 12.2 Å². The second kappa shape index (κ2) is 20.2. The van der Waals surface area contributed by atoms with Crippen LogP contribution < -0.4 is 0 Å². The third-order valence-corrected chi connectivity index (χ3v) is 4.09. The first kappa shape index (κ1) is 21.2. The third-order valence-electron chi connectivity index (χ3n) is 4.09. The van der Waals surface area contributed by atoms with Crippen molar-refractivity contribution in [2.45, 2.75) is 103 Å². The number of hydrogen-bond acceptors (Lipinski definition) is 2. The van der Waals surface area contributed by atoms with Crippen LogP contribution in [0.3, 0.4) is 0 Å². The van der Waals surface area contributed by atoms with Gasteiger partial charge in [-0.1, -0.05) is 83.3 Å². The summed E-state index contributed by atoms with van der Waals surface area (Å²) in [5.41, 5.74) is 0. The monoisotopic (exact) mass is 310 g/mol. The number of carbonyl (C=O) groups excluding carboxylic acids is 1. The smallest absolute Gasteiger partial charge is 0.293 e. The van der Waals surface area contributed by atoms with E-state index in [9.17, 15) is 4.79 Å². The summed E-state index contributed by atoms with van der Waals surface area (Å²) in [5.74, 6) is 0. The van der Waals surface area contributed by atoms with Gasteiger partial charge in [-0.05, 0) is 32.1 Å². The molecule has 0 aliphatic rings. The van der Waals surface area contributed by atoms with Gasteiger partial charge < -0.3 is 4.74 Å². The Hall–Kier alpha value is -0.790. The molecule has 2 nitrogen and oxygen atoms in total. The molecule has 0 atom stereocenters. The summed E-state index contributed by atoms with van der Waals surface area (Å²) < 4.78 is 4.67. The van der Waals surface area contributed by atoms with Gasteiger partial charge >= 0.3 is 0 Å². The van der Waals surface area contributed by atoms with Crippen LogP contribution in [-0.2, 0) is 9.53 Å². The lowest BCUT2D eigenvalue weighted by Crippen LogP contribution is -1.91. The summed E-state index contributed by atoms with van der Waals surface area (Å²) in [6.07, 6.45) is 24.5. The van der Waals surface area contributed by atoms with Crippen LogP contribution in [0.5, 0.6) is 0 Å². The summed E-state index contributed by atoms with van der Waals surface area (Å²) in [6.45, 7) is 3.40. The Labute approximate surface area is 138 Å². The summed E-state index contributed by atoms with van der Waals surface area (Å²) >= 11 is 0. The normalized spacial score (nSPS) is 11.1. The fourth-order valence-corrected chi connectivity index (χ4v) is 2.66. The predicted molar refractivity (Wildman–Crippen MR) is 96.1 cm³/mol. The van der Waals surface area contributed by atoms with Crippen molar-refractivity contribution >= 4 is 6.47 Å². The highest BCUT2D eigenvalue weighted by Gasteiger charge is 1.92. The molecule has 0 unspecified atom stereocenters. The second-order valence-corrected chi connectivity index (χ2v) is 6.26. The Bertz CT molecular complexity index is 236. The van der Waals surface area contributed by atoms with Crippen LogP contribution in [0, 0.1) is 0 Å². The maximum atomic E-state index is 9.95. The highest BCUT2D eigenvalue weighted by atomic mass is 16.5. The Morgan fingerprint density at radius 2 is 1.09 bits per heavy atom. The Morgan fingerprint density at radius 3 is 1.59 bits per heavy atom. The minimum absolute atomic E-state index is 0.542. The molecule has 2 heteroatoms. The molecule has 0 radical (unpaired) electrons. The van der Waals surface area contributed by atoms with E-state index in [4.69, 9.17) is 0 Å². The molecule has 0 aromatic rings. The van der Waals surface area contributed by atoms with Crippen LogP contribution in [0.2, 0.25) is 0 Å². The van der Waals surface area contributed by atoms with E-state index < -0.39 is 0 Å². The molecule has 130 valence electrons. The molecule has 0 fully saturated rings. The summed E-state index contributed by atoms with van der Waals surface area (Å²) in [7, 11) is 0. The molecule has 0 heterocycles. The SMILES string of the molecule is CCCCCCCCC=CCCCCCCCCCOC=O. The number of carbonyl (C=O) groups is 1. The molecule has 0 spiro atoms. The molecule has 0 aliphatic heterocycles. The first-order valence-electron chi connectivity index (χ1n) is 9.62. The lowest BCUT2D eigenvalue weighted by Gasteiger charge is -2.01. The van der Waals surface area contributed by atoms with Crippen molar-refractivity contribution in [3.05, 3.63) is 12.2 Å². The highest BCUT2D eigenvalue weighted by Crippen LogP contribution is 2.10. The third kappa shape index (κ3) is 19.2. The first-order chi connectivity index (χ1) is 10.9. The zero-order valence-electron chi connectivity index (χ0n) is 14.9. The van der Waals surface area contributed by atoms with E-state index in [2.05, 4.69) is 23.8 Å². The number of rotatable bonds is 18.